The maximum Gasteiger partial charge on any atom is 0.337 e. The lowest BCUT2D eigenvalue weighted by atomic mass is 10.1. The molecule has 100 valence electrons. The van der Waals surface area contributed by atoms with E-state index in [1.165, 1.54) is 12.8 Å². The summed E-state index contributed by atoms with van der Waals surface area (Å²) in [5, 5.41) is 9.36. The van der Waals surface area contributed by atoms with Crippen molar-refractivity contribution in [3.8, 4) is 0 Å². The molecule has 3 rings (SSSR count). The fourth-order valence-corrected chi connectivity index (χ4v) is 2.56. The van der Waals surface area contributed by atoms with Crippen molar-refractivity contribution in [1.82, 2.24) is 9.55 Å². The first-order chi connectivity index (χ1) is 9.08. The molecule has 2 aromatic rings. The van der Waals surface area contributed by atoms with Crippen molar-refractivity contribution in [2.24, 2.45) is 5.92 Å². The Morgan fingerprint density at radius 3 is 2.79 bits per heavy atom. The summed E-state index contributed by atoms with van der Waals surface area (Å²) in [6, 6.07) is 5.33. The first kappa shape index (κ1) is 12.2. The van der Waals surface area contributed by atoms with Gasteiger partial charge < -0.3 is 9.67 Å². The second kappa shape index (κ2) is 4.37. The van der Waals surface area contributed by atoms with Crippen molar-refractivity contribution in [2.45, 2.75) is 39.2 Å². The number of aromatic nitrogens is 2. The molecule has 1 fully saturated rings. The average molecular weight is 258 g/mol. The van der Waals surface area contributed by atoms with Gasteiger partial charge in [-0.2, -0.15) is 0 Å². The van der Waals surface area contributed by atoms with Gasteiger partial charge in [-0.15, -0.1) is 0 Å². The SMILES string of the molecule is CC(C)c1nc2cccc(C(=O)O)c2n1CC1CC1. The van der Waals surface area contributed by atoms with Crippen molar-refractivity contribution in [3.63, 3.8) is 0 Å². The molecule has 1 aliphatic carbocycles. The summed E-state index contributed by atoms with van der Waals surface area (Å²) in [6.45, 7) is 5.10. The third-order valence-electron chi connectivity index (χ3n) is 3.68. The van der Waals surface area contributed by atoms with E-state index in [-0.39, 0.29) is 0 Å². The highest BCUT2D eigenvalue weighted by Gasteiger charge is 2.26. The smallest absolute Gasteiger partial charge is 0.337 e. The summed E-state index contributed by atoms with van der Waals surface area (Å²) < 4.78 is 2.13. The van der Waals surface area contributed by atoms with Crippen LogP contribution in [0.25, 0.3) is 11.0 Å². The Balaban J connectivity index is 2.25. The number of benzene rings is 1. The monoisotopic (exact) mass is 258 g/mol. The summed E-state index contributed by atoms with van der Waals surface area (Å²) in [5.41, 5.74) is 1.94. The highest BCUT2D eigenvalue weighted by atomic mass is 16.4. The van der Waals surface area contributed by atoms with E-state index in [9.17, 15) is 9.90 Å². The van der Waals surface area contributed by atoms with E-state index in [4.69, 9.17) is 0 Å². The first-order valence-corrected chi connectivity index (χ1v) is 6.80. The number of imidazole rings is 1. The minimum absolute atomic E-state index is 0.299. The normalized spacial score (nSPS) is 15.3. The van der Waals surface area contributed by atoms with E-state index in [0.717, 1.165) is 23.4 Å². The summed E-state index contributed by atoms with van der Waals surface area (Å²) in [6.07, 6.45) is 2.49. The predicted molar refractivity (Wildman–Crippen MR) is 73.5 cm³/mol. The number of carbonyl (C=O) groups is 1. The second-order valence-electron chi connectivity index (χ2n) is 5.66. The fourth-order valence-electron chi connectivity index (χ4n) is 2.56. The molecule has 4 heteroatoms. The lowest BCUT2D eigenvalue weighted by Crippen LogP contribution is -2.09. The van der Waals surface area contributed by atoms with Gasteiger partial charge in [0, 0.05) is 12.5 Å². The maximum absolute atomic E-state index is 11.4. The van der Waals surface area contributed by atoms with Gasteiger partial charge >= 0.3 is 5.97 Å². The molecule has 1 saturated carbocycles. The number of aromatic carboxylic acids is 1. The Morgan fingerprint density at radius 1 is 1.47 bits per heavy atom. The minimum atomic E-state index is -0.877. The number of carboxylic acid groups (broad SMARTS) is 1. The van der Waals surface area contributed by atoms with Crippen molar-refractivity contribution >= 4 is 17.0 Å². The number of fused-ring (bicyclic) bond motifs is 1. The van der Waals surface area contributed by atoms with Crippen LogP contribution in [-0.2, 0) is 6.54 Å². The van der Waals surface area contributed by atoms with Gasteiger partial charge in [-0.25, -0.2) is 9.78 Å². The standard InChI is InChI=1S/C15H18N2O2/c1-9(2)14-16-12-5-3-4-11(15(18)19)13(12)17(14)8-10-6-7-10/h3-5,9-10H,6-8H2,1-2H3,(H,18,19). The van der Waals surface area contributed by atoms with Crippen molar-refractivity contribution in [3.05, 3.63) is 29.6 Å². The Hall–Kier alpha value is -1.84. The van der Waals surface area contributed by atoms with Crippen LogP contribution in [0.5, 0.6) is 0 Å². The van der Waals surface area contributed by atoms with Crippen LogP contribution >= 0.6 is 0 Å². The summed E-state index contributed by atoms with van der Waals surface area (Å²) in [5.74, 6) is 1.11. The molecular formula is C15H18N2O2. The van der Waals surface area contributed by atoms with Gasteiger partial charge in [0.25, 0.3) is 0 Å². The zero-order valence-electron chi connectivity index (χ0n) is 11.3. The van der Waals surface area contributed by atoms with Crippen LogP contribution in [0, 0.1) is 5.92 Å². The van der Waals surface area contributed by atoms with Gasteiger partial charge in [0.15, 0.2) is 0 Å². The number of carboxylic acids is 1. The van der Waals surface area contributed by atoms with E-state index >= 15 is 0 Å². The third-order valence-corrected chi connectivity index (χ3v) is 3.68. The highest BCUT2D eigenvalue weighted by Crippen LogP contribution is 2.34. The largest absolute Gasteiger partial charge is 0.478 e. The van der Waals surface area contributed by atoms with Crippen LogP contribution in [0.4, 0.5) is 0 Å². The Kier molecular flexibility index (Phi) is 2.81. The molecule has 0 spiro atoms. The third kappa shape index (κ3) is 2.11. The van der Waals surface area contributed by atoms with Crippen LogP contribution in [0.1, 0.15) is 48.8 Å². The molecule has 1 aromatic carbocycles. The number of rotatable bonds is 4. The van der Waals surface area contributed by atoms with E-state index in [0.29, 0.717) is 17.4 Å². The lowest BCUT2D eigenvalue weighted by molar-refractivity contribution is 0.0698. The summed E-state index contributed by atoms with van der Waals surface area (Å²) in [4.78, 5) is 16.0. The van der Waals surface area contributed by atoms with Crippen molar-refractivity contribution < 1.29 is 9.90 Å². The molecule has 0 bridgehead atoms. The zero-order chi connectivity index (χ0) is 13.6. The molecule has 1 aromatic heterocycles. The van der Waals surface area contributed by atoms with Crippen LogP contribution in [0.15, 0.2) is 18.2 Å². The van der Waals surface area contributed by atoms with Gasteiger partial charge in [-0.05, 0) is 30.9 Å². The van der Waals surface area contributed by atoms with Crippen LogP contribution < -0.4 is 0 Å². The van der Waals surface area contributed by atoms with E-state index < -0.39 is 5.97 Å². The molecule has 0 unspecified atom stereocenters. The first-order valence-electron chi connectivity index (χ1n) is 6.80. The number of hydrogen-bond acceptors (Lipinski definition) is 2. The van der Waals surface area contributed by atoms with E-state index in [2.05, 4.69) is 23.4 Å². The van der Waals surface area contributed by atoms with Crippen molar-refractivity contribution in [1.29, 1.82) is 0 Å². The number of hydrogen-bond donors (Lipinski definition) is 1. The van der Waals surface area contributed by atoms with E-state index in [1.807, 2.05) is 6.07 Å². The van der Waals surface area contributed by atoms with Gasteiger partial charge in [0.2, 0.25) is 0 Å². The molecule has 0 amide bonds. The number of para-hydroxylation sites is 1. The second-order valence-corrected chi connectivity index (χ2v) is 5.66. The minimum Gasteiger partial charge on any atom is -0.478 e. The molecule has 1 heterocycles. The topological polar surface area (TPSA) is 55.1 Å². The Bertz CT molecular complexity index is 639. The maximum atomic E-state index is 11.4. The zero-order valence-corrected chi connectivity index (χ0v) is 11.3. The molecule has 1 aliphatic rings. The molecule has 4 nitrogen and oxygen atoms in total. The van der Waals surface area contributed by atoms with Crippen LogP contribution in [-0.4, -0.2) is 20.6 Å². The molecule has 0 aliphatic heterocycles. The molecular weight excluding hydrogens is 240 g/mol. The molecule has 1 N–H and O–H groups in total. The molecule has 0 radical (unpaired) electrons. The van der Waals surface area contributed by atoms with Gasteiger partial charge in [0.1, 0.15) is 5.82 Å². The highest BCUT2D eigenvalue weighted by molar-refractivity contribution is 6.01. The van der Waals surface area contributed by atoms with Gasteiger partial charge in [-0.3, -0.25) is 0 Å². The van der Waals surface area contributed by atoms with Gasteiger partial charge in [-0.1, -0.05) is 19.9 Å². The van der Waals surface area contributed by atoms with Gasteiger partial charge in [0.05, 0.1) is 16.6 Å². The van der Waals surface area contributed by atoms with Crippen molar-refractivity contribution in [2.75, 3.05) is 0 Å². The van der Waals surface area contributed by atoms with Crippen LogP contribution in [0.2, 0.25) is 0 Å². The average Bonchev–Trinajstić information content (AvgIpc) is 3.09. The molecule has 0 atom stereocenters. The Labute approximate surface area is 112 Å². The predicted octanol–water partition coefficient (Wildman–Crippen LogP) is 3.27. The quantitative estimate of drug-likeness (QED) is 0.915. The molecule has 0 saturated heterocycles. The Morgan fingerprint density at radius 2 is 2.21 bits per heavy atom. The fraction of sp³-hybridized carbons (Fsp3) is 0.467. The molecule has 19 heavy (non-hydrogen) atoms. The lowest BCUT2D eigenvalue weighted by Gasteiger charge is -2.11. The van der Waals surface area contributed by atoms with E-state index in [1.54, 1.807) is 12.1 Å². The van der Waals surface area contributed by atoms with Crippen LogP contribution in [0.3, 0.4) is 0 Å². The summed E-state index contributed by atoms with van der Waals surface area (Å²) >= 11 is 0. The summed E-state index contributed by atoms with van der Waals surface area (Å²) in [7, 11) is 0. The number of nitrogens with zero attached hydrogens (tertiary/aromatic N) is 2.